The van der Waals surface area contributed by atoms with Crippen LogP contribution in [-0.2, 0) is 20.7 Å². The number of rotatable bonds is 6. The summed E-state index contributed by atoms with van der Waals surface area (Å²) in [6.07, 6.45) is 5.67. The second kappa shape index (κ2) is 9.08. The van der Waals surface area contributed by atoms with Gasteiger partial charge in [-0.1, -0.05) is 30.3 Å². The SMILES string of the molecule is COc1cc(/C=C/C(=O)OCC(=O)N[C@H]2CCCc3ccccc32)ccc1O. The minimum Gasteiger partial charge on any atom is -0.504 e. The second-order valence-electron chi connectivity index (χ2n) is 6.58. The molecule has 0 saturated heterocycles. The van der Waals surface area contributed by atoms with E-state index < -0.39 is 5.97 Å². The van der Waals surface area contributed by atoms with Gasteiger partial charge in [-0.15, -0.1) is 0 Å². The van der Waals surface area contributed by atoms with Crippen molar-refractivity contribution in [3.05, 3.63) is 65.2 Å². The first-order chi connectivity index (χ1) is 13.6. The summed E-state index contributed by atoms with van der Waals surface area (Å²) in [5.74, 6) is -0.619. The summed E-state index contributed by atoms with van der Waals surface area (Å²) in [6, 6.07) is 12.7. The summed E-state index contributed by atoms with van der Waals surface area (Å²) in [7, 11) is 1.44. The molecule has 0 saturated carbocycles. The Morgan fingerprint density at radius 1 is 1.25 bits per heavy atom. The Morgan fingerprint density at radius 2 is 2.07 bits per heavy atom. The van der Waals surface area contributed by atoms with Gasteiger partial charge in [0.25, 0.3) is 5.91 Å². The minimum absolute atomic E-state index is 0.0168. The highest BCUT2D eigenvalue weighted by molar-refractivity contribution is 5.89. The van der Waals surface area contributed by atoms with Gasteiger partial charge in [-0.2, -0.15) is 0 Å². The Morgan fingerprint density at radius 3 is 2.89 bits per heavy atom. The van der Waals surface area contributed by atoms with Gasteiger partial charge < -0.3 is 19.9 Å². The number of nitrogens with one attached hydrogen (secondary N) is 1. The number of hydrogen-bond donors (Lipinski definition) is 2. The fraction of sp³-hybridized carbons (Fsp3) is 0.273. The maximum Gasteiger partial charge on any atom is 0.331 e. The lowest BCUT2D eigenvalue weighted by molar-refractivity contribution is -0.144. The zero-order chi connectivity index (χ0) is 19.9. The molecule has 0 unspecified atom stereocenters. The van der Waals surface area contributed by atoms with E-state index in [4.69, 9.17) is 9.47 Å². The molecule has 1 atom stereocenters. The van der Waals surface area contributed by atoms with Gasteiger partial charge in [0, 0.05) is 6.08 Å². The number of aromatic hydroxyl groups is 1. The smallest absolute Gasteiger partial charge is 0.331 e. The Balaban J connectivity index is 1.50. The number of esters is 1. The molecule has 1 aliphatic carbocycles. The van der Waals surface area contributed by atoms with Crippen LogP contribution in [0, 0.1) is 0 Å². The van der Waals surface area contributed by atoms with Crippen molar-refractivity contribution in [3.8, 4) is 11.5 Å². The lowest BCUT2D eigenvalue weighted by Gasteiger charge is -2.26. The van der Waals surface area contributed by atoms with Gasteiger partial charge in [0.05, 0.1) is 13.2 Å². The molecule has 1 amide bonds. The van der Waals surface area contributed by atoms with Crippen LogP contribution in [0.1, 0.15) is 35.6 Å². The Bertz CT molecular complexity index is 890. The number of hydrogen-bond acceptors (Lipinski definition) is 5. The molecule has 0 aromatic heterocycles. The molecule has 6 nitrogen and oxygen atoms in total. The predicted octanol–water partition coefficient (Wildman–Crippen LogP) is 3.15. The number of fused-ring (bicyclic) bond motifs is 1. The molecule has 3 rings (SSSR count). The second-order valence-corrected chi connectivity index (χ2v) is 6.58. The molecule has 28 heavy (non-hydrogen) atoms. The van der Waals surface area contributed by atoms with Gasteiger partial charge in [-0.05, 0) is 54.2 Å². The number of ether oxygens (including phenoxy) is 2. The first kappa shape index (κ1) is 19.5. The summed E-state index contributed by atoms with van der Waals surface area (Å²) in [5, 5.41) is 12.5. The zero-order valence-electron chi connectivity index (χ0n) is 15.7. The quantitative estimate of drug-likeness (QED) is 0.593. The average molecular weight is 381 g/mol. The number of benzene rings is 2. The van der Waals surface area contributed by atoms with E-state index in [1.165, 1.54) is 30.9 Å². The van der Waals surface area contributed by atoms with Crippen LogP contribution in [-0.4, -0.2) is 30.7 Å². The molecule has 2 aromatic rings. The molecule has 6 heteroatoms. The van der Waals surface area contributed by atoms with E-state index in [1.807, 2.05) is 18.2 Å². The van der Waals surface area contributed by atoms with Gasteiger partial charge in [-0.25, -0.2) is 4.79 Å². The maximum atomic E-state index is 12.2. The number of phenolic OH excluding ortho intramolecular Hbond substituents is 1. The third-order valence-corrected chi connectivity index (χ3v) is 4.67. The minimum atomic E-state index is -0.619. The first-order valence-corrected chi connectivity index (χ1v) is 9.16. The van der Waals surface area contributed by atoms with Crippen molar-refractivity contribution in [1.82, 2.24) is 5.32 Å². The Hall–Kier alpha value is -3.28. The van der Waals surface area contributed by atoms with Crippen LogP contribution >= 0.6 is 0 Å². The van der Waals surface area contributed by atoms with E-state index in [0.717, 1.165) is 24.8 Å². The van der Waals surface area contributed by atoms with E-state index in [1.54, 1.807) is 12.1 Å². The lowest BCUT2D eigenvalue weighted by atomic mass is 9.88. The number of carbonyl (C=O) groups excluding carboxylic acids is 2. The first-order valence-electron chi connectivity index (χ1n) is 9.16. The van der Waals surface area contributed by atoms with Crippen LogP contribution in [0.5, 0.6) is 11.5 Å². The summed E-state index contributed by atoms with van der Waals surface area (Å²) >= 11 is 0. The Labute approximate surface area is 163 Å². The van der Waals surface area contributed by atoms with E-state index in [-0.39, 0.29) is 24.3 Å². The largest absolute Gasteiger partial charge is 0.504 e. The van der Waals surface area contributed by atoms with Gasteiger partial charge in [0.1, 0.15) is 0 Å². The van der Waals surface area contributed by atoms with Crippen molar-refractivity contribution in [3.63, 3.8) is 0 Å². The molecule has 1 aliphatic rings. The number of phenols is 1. The summed E-state index contributed by atoms with van der Waals surface area (Å²) in [4.78, 5) is 24.0. The van der Waals surface area contributed by atoms with Crippen LogP contribution in [0.25, 0.3) is 6.08 Å². The van der Waals surface area contributed by atoms with Crippen LogP contribution in [0.2, 0.25) is 0 Å². The monoisotopic (exact) mass is 381 g/mol. The third-order valence-electron chi connectivity index (χ3n) is 4.67. The van der Waals surface area contributed by atoms with Crippen LogP contribution in [0.3, 0.4) is 0 Å². The topological polar surface area (TPSA) is 84.9 Å². The van der Waals surface area contributed by atoms with Crippen LogP contribution in [0.4, 0.5) is 0 Å². The highest BCUT2D eigenvalue weighted by atomic mass is 16.5. The number of aryl methyl sites for hydroxylation is 1. The fourth-order valence-electron chi connectivity index (χ4n) is 3.29. The molecule has 0 fully saturated rings. The molecule has 0 bridgehead atoms. The summed E-state index contributed by atoms with van der Waals surface area (Å²) in [6.45, 7) is -0.333. The van der Waals surface area contributed by atoms with E-state index in [9.17, 15) is 14.7 Å². The number of methoxy groups -OCH3 is 1. The lowest BCUT2D eigenvalue weighted by Crippen LogP contribution is -2.34. The molecule has 0 heterocycles. The molecule has 146 valence electrons. The van der Waals surface area contributed by atoms with Gasteiger partial charge in [-0.3, -0.25) is 4.79 Å². The Kier molecular flexibility index (Phi) is 6.32. The van der Waals surface area contributed by atoms with Crippen LogP contribution in [0.15, 0.2) is 48.5 Å². The zero-order valence-corrected chi connectivity index (χ0v) is 15.7. The molecule has 2 aromatic carbocycles. The highest BCUT2D eigenvalue weighted by Crippen LogP contribution is 2.29. The van der Waals surface area contributed by atoms with E-state index >= 15 is 0 Å². The number of carbonyl (C=O) groups is 2. The molecular formula is C22H23NO5. The van der Waals surface area contributed by atoms with Crippen molar-refractivity contribution < 1.29 is 24.2 Å². The summed E-state index contributed by atoms with van der Waals surface area (Å²) < 4.78 is 10.0. The van der Waals surface area contributed by atoms with Gasteiger partial charge >= 0.3 is 5.97 Å². The number of amides is 1. The van der Waals surface area contributed by atoms with Crippen molar-refractivity contribution in [2.24, 2.45) is 0 Å². The van der Waals surface area contributed by atoms with Gasteiger partial charge in [0.15, 0.2) is 18.1 Å². The molecule has 0 radical (unpaired) electrons. The van der Waals surface area contributed by atoms with E-state index in [0.29, 0.717) is 11.3 Å². The predicted molar refractivity (Wildman–Crippen MR) is 105 cm³/mol. The highest BCUT2D eigenvalue weighted by Gasteiger charge is 2.21. The fourth-order valence-corrected chi connectivity index (χ4v) is 3.29. The standard InChI is InChI=1S/C22H23NO5/c1-27-20-13-15(9-11-19(20)24)10-12-22(26)28-14-21(25)23-18-8-4-6-16-5-2-3-7-17(16)18/h2-3,5,7,9-13,18,24H,4,6,8,14H2,1H3,(H,23,25)/b12-10+/t18-/m0/s1. The normalized spacial score (nSPS) is 15.7. The average Bonchev–Trinajstić information content (AvgIpc) is 2.72. The molecule has 0 aliphatic heterocycles. The molecular weight excluding hydrogens is 358 g/mol. The van der Waals surface area contributed by atoms with Crippen LogP contribution < -0.4 is 10.1 Å². The maximum absolute atomic E-state index is 12.2. The summed E-state index contributed by atoms with van der Waals surface area (Å²) in [5.41, 5.74) is 3.05. The third kappa shape index (κ3) is 4.91. The van der Waals surface area contributed by atoms with Crippen molar-refractivity contribution >= 4 is 18.0 Å². The van der Waals surface area contributed by atoms with E-state index in [2.05, 4.69) is 11.4 Å². The molecule has 0 spiro atoms. The van der Waals surface area contributed by atoms with Crippen molar-refractivity contribution in [2.45, 2.75) is 25.3 Å². The van der Waals surface area contributed by atoms with Gasteiger partial charge in [0.2, 0.25) is 0 Å². The molecule has 2 N–H and O–H groups in total. The van der Waals surface area contributed by atoms with Crippen molar-refractivity contribution in [2.75, 3.05) is 13.7 Å². The van der Waals surface area contributed by atoms with Crippen molar-refractivity contribution in [1.29, 1.82) is 0 Å².